The van der Waals surface area contributed by atoms with Gasteiger partial charge in [0.1, 0.15) is 0 Å². The van der Waals surface area contributed by atoms with Gasteiger partial charge in [0.15, 0.2) is 0 Å². The number of carbonyl (C=O) groups is 2. The van der Waals surface area contributed by atoms with Crippen LogP contribution in [0.5, 0.6) is 0 Å². The van der Waals surface area contributed by atoms with E-state index in [1.807, 2.05) is 0 Å². The van der Waals surface area contributed by atoms with E-state index in [-0.39, 0.29) is 11.3 Å². The van der Waals surface area contributed by atoms with Gasteiger partial charge in [0.05, 0.1) is 16.8 Å². The van der Waals surface area contributed by atoms with Crippen LogP contribution in [-0.4, -0.2) is 22.6 Å². The predicted octanol–water partition coefficient (Wildman–Crippen LogP) is 1.92. The van der Waals surface area contributed by atoms with E-state index in [4.69, 9.17) is 11.5 Å². The molecule has 0 spiro atoms. The Morgan fingerprint density at radius 2 is 1.94 bits per heavy atom. The van der Waals surface area contributed by atoms with E-state index in [1.165, 1.54) is 12.1 Å². The SMILES string of the molecule is C#CC(C)(C)NC(=O)Nc1ccccc1C(=O)O. The number of carboxylic acids is 1. The van der Waals surface area contributed by atoms with Crippen LogP contribution in [0.15, 0.2) is 24.3 Å². The van der Waals surface area contributed by atoms with E-state index in [0.717, 1.165) is 0 Å². The summed E-state index contributed by atoms with van der Waals surface area (Å²) in [7, 11) is 0. The average molecular weight is 246 g/mol. The third-order valence-corrected chi connectivity index (χ3v) is 2.19. The van der Waals surface area contributed by atoms with E-state index in [1.54, 1.807) is 26.0 Å². The fraction of sp³-hybridized carbons (Fsp3) is 0.231. The highest BCUT2D eigenvalue weighted by molar-refractivity contribution is 6.00. The van der Waals surface area contributed by atoms with Gasteiger partial charge in [0.25, 0.3) is 0 Å². The van der Waals surface area contributed by atoms with E-state index in [0.29, 0.717) is 0 Å². The lowest BCUT2D eigenvalue weighted by molar-refractivity contribution is 0.0698. The molecule has 3 N–H and O–H groups in total. The summed E-state index contributed by atoms with van der Waals surface area (Å²) in [5, 5.41) is 14.0. The summed E-state index contributed by atoms with van der Waals surface area (Å²) in [6.07, 6.45) is 5.24. The maximum atomic E-state index is 11.7. The number of terminal acetylenes is 1. The molecule has 18 heavy (non-hydrogen) atoms. The lowest BCUT2D eigenvalue weighted by Crippen LogP contribution is -2.44. The van der Waals surface area contributed by atoms with Crippen LogP contribution in [0, 0.1) is 12.3 Å². The van der Waals surface area contributed by atoms with Crippen LogP contribution in [-0.2, 0) is 0 Å². The van der Waals surface area contributed by atoms with Crippen molar-refractivity contribution in [1.29, 1.82) is 0 Å². The quantitative estimate of drug-likeness (QED) is 0.713. The highest BCUT2D eigenvalue weighted by atomic mass is 16.4. The van der Waals surface area contributed by atoms with Crippen LogP contribution in [0.1, 0.15) is 24.2 Å². The Morgan fingerprint density at radius 3 is 2.50 bits per heavy atom. The first kappa shape index (κ1) is 13.6. The molecule has 1 rings (SSSR count). The number of amides is 2. The fourth-order valence-electron chi connectivity index (χ4n) is 1.25. The molecule has 94 valence electrons. The molecule has 0 aliphatic carbocycles. The molecule has 0 saturated carbocycles. The molecule has 0 aliphatic heterocycles. The van der Waals surface area contributed by atoms with E-state index < -0.39 is 17.5 Å². The number of benzene rings is 1. The molecule has 0 saturated heterocycles. The van der Waals surface area contributed by atoms with Crippen molar-refractivity contribution < 1.29 is 14.7 Å². The molecule has 0 atom stereocenters. The second kappa shape index (κ2) is 5.23. The lowest BCUT2D eigenvalue weighted by Gasteiger charge is -2.20. The predicted molar refractivity (Wildman–Crippen MR) is 68.5 cm³/mol. The first-order chi connectivity index (χ1) is 8.35. The monoisotopic (exact) mass is 246 g/mol. The maximum Gasteiger partial charge on any atom is 0.337 e. The third-order valence-electron chi connectivity index (χ3n) is 2.19. The number of carboxylic acid groups (broad SMARTS) is 1. The molecule has 0 fully saturated rings. The summed E-state index contributed by atoms with van der Waals surface area (Å²) in [5.74, 6) is 1.30. The zero-order chi connectivity index (χ0) is 13.8. The van der Waals surface area contributed by atoms with Crippen LogP contribution in [0.4, 0.5) is 10.5 Å². The highest BCUT2D eigenvalue weighted by Crippen LogP contribution is 2.14. The topological polar surface area (TPSA) is 78.4 Å². The molecule has 1 aromatic rings. The van der Waals surface area contributed by atoms with Gasteiger partial charge in [0.2, 0.25) is 0 Å². The van der Waals surface area contributed by atoms with Crippen LogP contribution < -0.4 is 10.6 Å². The van der Waals surface area contributed by atoms with Crippen LogP contribution >= 0.6 is 0 Å². The molecular formula is C13H14N2O3. The number of hydrogen-bond acceptors (Lipinski definition) is 2. The minimum Gasteiger partial charge on any atom is -0.478 e. The second-order valence-corrected chi connectivity index (χ2v) is 4.20. The molecule has 5 heteroatoms. The van der Waals surface area contributed by atoms with Crippen molar-refractivity contribution in [3.63, 3.8) is 0 Å². The molecule has 0 radical (unpaired) electrons. The zero-order valence-corrected chi connectivity index (χ0v) is 10.2. The van der Waals surface area contributed by atoms with Crippen molar-refractivity contribution in [2.45, 2.75) is 19.4 Å². The van der Waals surface area contributed by atoms with Crippen molar-refractivity contribution in [2.24, 2.45) is 0 Å². The molecule has 0 bridgehead atoms. The van der Waals surface area contributed by atoms with Crippen molar-refractivity contribution in [3.05, 3.63) is 29.8 Å². The van der Waals surface area contributed by atoms with Gasteiger partial charge in [-0.15, -0.1) is 6.42 Å². The van der Waals surface area contributed by atoms with Gasteiger partial charge < -0.3 is 15.7 Å². The Labute approximate surface area is 105 Å². The largest absolute Gasteiger partial charge is 0.478 e. The van der Waals surface area contributed by atoms with Gasteiger partial charge in [-0.25, -0.2) is 9.59 Å². The van der Waals surface area contributed by atoms with E-state index >= 15 is 0 Å². The van der Waals surface area contributed by atoms with Gasteiger partial charge in [0, 0.05) is 0 Å². The number of anilines is 1. The minimum absolute atomic E-state index is 0.0196. The summed E-state index contributed by atoms with van der Waals surface area (Å²) >= 11 is 0. The zero-order valence-electron chi connectivity index (χ0n) is 10.2. The summed E-state index contributed by atoms with van der Waals surface area (Å²) in [4.78, 5) is 22.6. The summed E-state index contributed by atoms with van der Waals surface area (Å²) < 4.78 is 0. The molecule has 0 aliphatic rings. The second-order valence-electron chi connectivity index (χ2n) is 4.20. The Bertz CT molecular complexity index is 515. The summed E-state index contributed by atoms with van der Waals surface area (Å²) in [6, 6.07) is 5.58. The van der Waals surface area contributed by atoms with Gasteiger partial charge in [-0.05, 0) is 26.0 Å². The Balaban J connectivity index is 2.84. The lowest BCUT2D eigenvalue weighted by atomic mass is 10.1. The third kappa shape index (κ3) is 3.52. The number of nitrogens with one attached hydrogen (secondary N) is 2. The number of hydrogen-bond donors (Lipinski definition) is 3. The summed E-state index contributed by atoms with van der Waals surface area (Å²) in [5.41, 5.74) is -0.566. The molecular weight excluding hydrogens is 232 g/mol. The Morgan fingerprint density at radius 1 is 1.33 bits per heavy atom. The summed E-state index contributed by atoms with van der Waals surface area (Å²) in [6.45, 7) is 3.32. The van der Waals surface area contributed by atoms with Crippen LogP contribution in [0.2, 0.25) is 0 Å². The van der Waals surface area contributed by atoms with Gasteiger partial charge in [-0.2, -0.15) is 0 Å². The van der Waals surface area contributed by atoms with E-state index in [2.05, 4.69) is 16.6 Å². The molecule has 5 nitrogen and oxygen atoms in total. The molecule has 0 heterocycles. The highest BCUT2D eigenvalue weighted by Gasteiger charge is 2.18. The molecule has 1 aromatic carbocycles. The number of carbonyl (C=O) groups excluding carboxylic acids is 1. The number of para-hydroxylation sites is 1. The number of aromatic carboxylic acids is 1. The van der Waals surface area contributed by atoms with Crippen molar-refractivity contribution in [1.82, 2.24) is 5.32 Å². The Hall–Kier alpha value is -2.48. The standard InChI is InChI=1S/C13H14N2O3/c1-4-13(2,3)15-12(18)14-10-8-6-5-7-9(10)11(16)17/h1,5-8H,2-3H3,(H,16,17)(H2,14,15,18). The molecule has 0 unspecified atom stereocenters. The number of rotatable bonds is 3. The number of urea groups is 1. The Kier molecular flexibility index (Phi) is 3.95. The molecule has 2 amide bonds. The maximum absolute atomic E-state index is 11.7. The normalized spacial score (nSPS) is 10.3. The van der Waals surface area contributed by atoms with Gasteiger partial charge in [-0.3, -0.25) is 0 Å². The van der Waals surface area contributed by atoms with Crippen LogP contribution in [0.3, 0.4) is 0 Å². The molecule has 0 aromatic heterocycles. The van der Waals surface area contributed by atoms with Crippen LogP contribution in [0.25, 0.3) is 0 Å². The average Bonchev–Trinajstić information content (AvgIpc) is 2.28. The fourth-order valence-corrected chi connectivity index (χ4v) is 1.25. The first-order valence-corrected chi connectivity index (χ1v) is 5.25. The van der Waals surface area contributed by atoms with E-state index in [9.17, 15) is 9.59 Å². The van der Waals surface area contributed by atoms with Crippen molar-refractivity contribution in [2.75, 3.05) is 5.32 Å². The van der Waals surface area contributed by atoms with Gasteiger partial charge in [-0.1, -0.05) is 18.1 Å². The smallest absolute Gasteiger partial charge is 0.337 e. The van der Waals surface area contributed by atoms with Crippen molar-refractivity contribution in [3.8, 4) is 12.3 Å². The van der Waals surface area contributed by atoms with Gasteiger partial charge >= 0.3 is 12.0 Å². The minimum atomic E-state index is -1.11. The first-order valence-electron chi connectivity index (χ1n) is 5.25. The van der Waals surface area contributed by atoms with Crippen molar-refractivity contribution >= 4 is 17.7 Å².